The molecule has 4 rings (SSSR count). The van der Waals surface area contributed by atoms with Gasteiger partial charge in [-0.25, -0.2) is 24.3 Å². The third-order valence-corrected chi connectivity index (χ3v) is 5.49. The average Bonchev–Trinajstić information content (AvgIpc) is 2.72. The van der Waals surface area contributed by atoms with E-state index in [2.05, 4.69) is 31.9 Å². The predicted octanol–water partition coefficient (Wildman–Crippen LogP) is 3.02. The lowest BCUT2D eigenvalue weighted by molar-refractivity contribution is 0.253. The molecule has 3 aromatic rings. The quantitative estimate of drug-likeness (QED) is 0.704. The number of pyridine rings is 2. The minimum Gasteiger partial charge on any atom is -0.381 e. The lowest BCUT2D eigenvalue weighted by atomic mass is 9.90. The second-order valence-corrected chi connectivity index (χ2v) is 7.48. The number of nitrogens with two attached hydrogens (primary N) is 2. The predicted molar refractivity (Wildman–Crippen MR) is 111 cm³/mol. The maximum Gasteiger partial charge on any atom is 0.220 e. The van der Waals surface area contributed by atoms with Gasteiger partial charge in [0.05, 0.1) is 22.8 Å². The highest BCUT2D eigenvalue weighted by molar-refractivity contribution is 5.68. The first kappa shape index (κ1) is 19.2. The zero-order chi connectivity index (χ0) is 20.5. The van der Waals surface area contributed by atoms with Crippen LogP contribution in [0, 0.1) is 12.7 Å². The molecule has 1 aliphatic heterocycles. The number of likely N-dealkylation sites (tertiary alicyclic amines) is 1. The number of anilines is 2. The van der Waals surface area contributed by atoms with Crippen molar-refractivity contribution in [3.8, 4) is 22.6 Å². The zero-order valence-electron chi connectivity index (χ0n) is 16.6. The van der Waals surface area contributed by atoms with Gasteiger partial charge in [0.15, 0.2) is 11.6 Å². The standard InChI is InChI=1S/C21H24FN7/c1-12-18(13-7-10-29(2)11-8-13)27-21(24)28-19(12)16-5-3-4-15(26-16)14-6-9-25-20(23)17(14)22/h3-6,9,13H,7-8,10-11H2,1-2H3,(H2,23,25)(H2,24,27,28). The number of aromatic nitrogens is 4. The van der Waals surface area contributed by atoms with Gasteiger partial charge >= 0.3 is 0 Å². The molecule has 4 heterocycles. The minimum atomic E-state index is -0.580. The molecule has 1 aliphatic rings. The molecule has 1 saturated heterocycles. The van der Waals surface area contributed by atoms with Crippen molar-refractivity contribution in [2.24, 2.45) is 0 Å². The highest BCUT2D eigenvalue weighted by atomic mass is 19.1. The van der Waals surface area contributed by atoms with Gasteiger partial charge in [-0.2, -0.15) is 0 Å². The third-order valence-electron chi connectivity index (χ3n) is 5.49. The molecular formula is C21H24FN7. The number of rotatable bonds is 3. The summed E-state index contributed by atoms with van der Waals surface area (Å²) in [6.07, 6.45) is 3.53. The molecule has 7 nitrogen and oxygen atoms in total. The summed E-state index contributed by atoms with van der Waals surface area (Å²) in [6, 6.07) is 6.96. The largest absolute Gasteiger partial charge is 0.381 e. The van der Waals surface area contributed by atoms with Crippen LogP contribution in [0.25, 0.3) is 22.6 Å². The highest BCUT2D eigenvalue weighted by Crippen LogP contribution is 2.33. The van der Waals surface area contributed by atoms with Gasteiger partial charge in [0, 0.05) is 17.7 Å². The Hall–Kier alpha value is -3.13. The molecule has 29 heavy (non-hydrogen) atoms. The van der Waals surface area contributed by atoms with E-state index in [9.17, 15) is 4.39 Å². The van der Waals surface area contributed by atoms with E-state index in [0.717, 1.165) is 37.2 Å². The van der Waals surface area contributed by atoms with E-state index in [-0.39, 0.29) is 11.8 Å². The van der Waals surface area contributed by atoms with Crippen molar-refractivity contribution in [1.82, 2.24) is 24.8 Å². The van der Waals surface area contributed by atoms with E-state index < -0.39 is 5.82 Å². The van der Waals surface area contributed by atoms with Crippen LogP contribution in [-0.2, 0) is 0 Å². The van der Waals surface area contributed by atoms with Crippen molar-refractivity contribution in [1.29, 1.82) is 0 Å². The van der Waals surface area contributed by atoms with Crippen molar-refractivity contribution in [2.75, 3.05) is 31.6 Å². The monoisotopic (exact) mass is 393 g/mol. The second-order valence-electron chi connectivity index (χ2n) is 7.48. The minimum absolute atomic E-state index is 0.151. The Labute approximate surface area is 169 Å². The fourth-order valence-corrected chi connectivity index (χ4v) is 3.86. The Balaban J connectivity index is 1.77. The summed E-state index contributed by atoms with van der Waals surface area (Å²) in [4.78, 5) is 19.7. The Bertz CT molecular complexity index is 1050. The van der Waals surface area contributed by atoms with E-state index in [1.54, 1.807) is 12.1 Å². The van der Waals surface area contributed by atoms with Crippen LogP contribution < -0.4 is 11.5 Å². The van der Waals surface area contributed by atoms with E-state index in [1.807, 2.05) is 19.1 Å². The summed E-state index contributed by atoms with van der Waals surface area (Å²) in [5, 5.41) is 0. The molecule has 0 bridgehead atoms. The van der Waals surface area contributed by atoms with Crippen molar-refractivity contribution < 1.29 is 4.39 Å². The molecule has 0 aromatic carbocycles. The molecule has 0 atom stereocenters. The number of hydrogen-bond donors (Lipinski definition) is 2. The maximum absolute atomic E-state index is 14.4. The third kappa shape index (κ3) is 3.75. The number of nitrogen functional groups attached to an aromatic ring is 2. The van der Waals surface area contributed by atoms with Crippen LogP contribution in [0.3, 0.4) is 0 Å². The van der Waals surface area contributed by atoms with Crippen LogP contribution in [0.15, 0.2) is 30.5 Å². The van der Waals surface area contributed by atoms with Gasteiger partial charge in [-0.1, -0.05) is 6.07 Å². The van der Waals surface area contributed by atoms with Crippen LogP contribution in [0.2, 0.25) is 0 Å². The maximum atomic E-state index is 14.4. The molecule has 1 fully saturated rings. The molecule has 3 aromatic heterocycles. The molecule has 150 valence electrons. The Kier molecular flexibility index (Phi) is 5.10. The number of hydrogen-bond acceptors (Lipinski definition) is 7. The first-order valence-electron chi connectivity index (χ1n) is 9.64. The second kappa shape index (κ2) is 7.71. The molecule has 4 N–H and O–H groups in total. The summed E-state index contributed by atoms with van der Waals surface area (Å²) in [6.45, 7) is 4.06. The van der Waals surface area contributed by atoms with Gasteiger partial charge < -0.3 is 16.4 Å². The number of halogens is 1. The Morgan fingerprint density at radius 1 is 1.03 bits per heavy atom. The molecule has 0 unspecified atom stereocenters. The van der Waals surface area contributed by atoms with Gasteiger partial charge in [0.2, 0.25) is 5.95 Å². The van der Waals surface area contributed by atoms with Crippen LogP contribution >= 0.6 is 0 Å². The highest BCUT2D eigenvalue weighted by Gasteiger charge is 2.24. The van der Waals surface area contributed by atoms with E-state index in [1.165, 1.54) is 6.20 Å². The average molecular weight is 393 g/mol. The first-order chi connectivity index (χ1) is 13.9. The topological polar surface area (TPSA) is 107 Å². The zero-order valence-corrected chi connectivity index (χ0v) is 16.6. The van der Waals surface area contributed by atoms with Gasteiger partial charge in [-0.3, -0.25) is 0 Å². The van der Waals surface area contributed by atoms with Gasteiger partial charge in [0.1, 0.15) is 0 Å². The summed E-state index contributed by atoms with van der Waals surface area (Å²) in [5.41, 5.74) is 15.7. The van der Waals surface area contributed by atoms with Crippen LogP contribution in [0.1, 0.15) is 30.0 Å². The first-order valence-corrected chi connectivity index (χ1v) is 9.64. The van der Waals surface area contributed by atoms with Crippen LogP contribution in [0.5, 0.6) is 0 Å². The van der Waals surface area contributed by atoms with Crippen molar-refractivity contribution in [3.63, 3.8) is 0 Å². The van der Waals surface area contributed by atoms with Crippen molar-refractivity contribution in [2.45, 2.75) is 25.7 Å². The molecule has 0 amide bonds. The Morgan fingerprint density at radius 3 is 2.52 bits per heavy atom. The van der Waals surface area contributed by atoms with E-state index in [4.69, 9.17) is 11.5 Å². The molecule has 0 aliphatic carbocycles. The molecule has 0 spiro atoms. The van der Waals surface area contributed by atoms with Gasteiger partial charge in [-0.15, -0.1) is 0 Å². The van der Waals surface area contributed by atoms with Crippen molar-refractivity contribution >= 4 is 11.8 Å². The van der Waals surface area contributed by atoms with Crippen LogP contribution in [0.4, 0.5) is 16.2 Å². The van der Waals surface area contributed by atoms with E-state index >= 15 is 0 Å². The molecule has 0 radical (unpaired) electrons. The molecule has 8 heteroatoms. The summed E-state index contributed by atoms with van der Waals surface area (Å²) >= 11 is 0. The van der Waals surface area contributed by atoms with Crippen molar-refractivity contribution in [3.05, 3.63) is 47.5 Å². The fourth-order valence-electron chi connectivity index (χ4n) is 3.86. The fraction of sp³-hybridized carbons (Fsp3) is 0.333. The Morgan fingerprint density at radius 2 is 1.76 bits per heavy atom. The SMILES string of the molecule is Cc1c(-c2cccc(-c3ccnc(N)c3F)n2)nc(N)nc1C1CCN(C)CC1. The smallest absolute Gasteiger partial charge is 0.220 e. The normalized spacial score (nSPS) is 15.6. The number of piperidine rings is 1. The van der Waals surface area contributed by atoms with Gasteiger partial charge in [-0.05, 0) is 63.7 Å². The molecular weight excluding hydrogens is 369 g/mol. The molecule has 0 saturated carbocycles. The lowest BCUT2D eigenvalue weighted by Crippen LogP contribution is -2.30. The summed E-state index contributed by atoms with van der Waals surface area (Å²) < 4.78 is 14.4. The lowest BCUT2D eigenvalue weighted by Gasteiger charge is -2.29. The summed E-state index contributed by atoms with van der Waals surface area (Å²) in [5.74, 6) is -0.160. The summed E-state index contributed by atoms with van der Waals surface area (Å²) in [7, 11) is 2.13. The number of nitrogens with zero attached hydrogens (tertiary/aromatic N) is 5. The van der Waals surface area contributed by atoms with Crippen LogP contribution in [-0.4, -0.2) is 45.0 Å². The van der Waals surface area contributed by atoms with Gasteiger partial charge in [0.25, 0.3) is 0 Å². The van der Waals surface area contributed by atoms with E-state index in [0.29, 0.717) is 28.6 Å².